The molecule has 150 valence electrons. The predicted molar refractivity (Wildman–Crippen MR) is 110 cm³/mol. The summed E-state index contributed by atoms with van der Waals surface area (Å²) in [7, 11) is 0. The Bertz CT molecular complexity index is 707. The molecule has 0 aromatic heterocycles. The van der Waals surface area contributed by atoms with E-state index in [-0.39, 0.29) is 12.5 Å². The van der Waals surface area contributed by atoms with Crippen molar-refractivity contribution in [2.45, 2.75) is 38.3 Å². The Hall–Kier alpha value is -2.86. The maximum absolute atomic E-state index is 12.0. The zero-order valence-corrected chi connectivity index (χ0v) is 16.1. The van der Waals surface area contributed by atoms with E-state index in [4.69, 9.17) is 10.5 Å². The topological polar surface area (TPSA) is 93.4 Å². The predicted octanol–water partition coefficient (Wildman–Crippen LogP) is 2.77. The Morgan fingerprint density at radius 1 is 0.857 bits per heavy atom. The van der Waals surface area contributed by atoms with Gasteiger partial charge in [0, 0.05) is 13.1 Å². The van der Waals surface area contributed by atoms with Crippen molar-refractivity contribution in [1.29, 1.82) is 0 Å². The van der Waals surface area contributed by atoms with Gasteiger partial charge in [0.15, 0.2) is 0 Å². The molecule has 0 aliphatic rings. The number of nitrogens with two attached hydrogens (primary N) is 1. The molecule has 6 nitrogen and oxygen atoms in total. The summed E-state index contributed by atoms with van der Waals surface area (Å²) in [5.74, 6) is -0.133. The minimum Gasteiger partial charge on any atom is -0.445 e. The number of carbonyl (C=O) groups excluding carboxylic acids is 2. The molecule has 0 unspecified atom stereocenters. The van der Waals surface area contributed by atoms with Crippen molar-refractivity contribution >= 4 is 12.0 Å². The van der Waals surface area contributed by atoms with Crippen LogP contribution in [0.4, 0.5) is 4.79 Å². The molecule has 0 fully saturated rings. The first-order valence-electron chi connectivity index (χ1n) is 9.67. The number of ether oxygens (including phenoxy) is 1. The normalized spacial score (nSPS) is 11.5. The fraction of sp³-hybridized carbons (Fsp3) is 0.364. The van der Waals surface area contributed by atoms with E-state index >= 15 is 0 Å². The smallest absolute Gasteiger partial charge is 0.407 e. The molecular formula is C22H29N3O3. The van der Waals surface area contributed by atoms with Crippen molar-refractivity contribution < 1.29 is 14.3 Å². The molecule has 0 heterocycles. The Morgan fingerprint density at radius 2 is 1.50 bits per heavy atom. The van der Waals surface area contributed by atoms with Gasteiger partial charge in [-0.15, -0.1) is 0 Å². The number of rotatable bonds is 11. The van der Waals surface area contributed by atoms with Crippen molar-refractivity contribution in [3.63, 3.8) is 0 Å². The van der Waals surface area contributed by atoms with E-state index < -0.39 is 12.1 Å². The second-order valence-electron chi connectivity index (χ2n) is 6.62. The lowest BCUT2D eigenvalue weighted by Crippen LogP contribution is -2.41. The third kappa shape index (κ3) is 8.68. The van der Waals surface area contributed by atoms with Gasteiger partial charge in [-0.1, -0.05) is 60.7 Å². The highest BCUT2D eigenvalue weighted by Gasteiger charge is 2.12. The number of hydrogen-bond acceptors (Lipinski definition) is 4. The van der Waals surface area contributed by atoms with E-state index in [1.165, 1.54) is 5.56 Å². The largest absolute Gasteiger partial charge is 0.445 e. The van der Waals surface area contributed by atoms with Crippen molar-refractivity contribution in [3.05, 3.63) is 71.8 Å². The number of nitrogens with one attached hydrogen (secondary N) is 2. The number of carbonyl (C=O) groups is 2. The van der Waals surface area contributed by atoms with Crippen LogP contribution in [0.15, 0.2) is 60.7 Å². The maximum Gasteiger partial charge on any atom is 0.407 e. The first kappa shape index (κ1) is 21.4. The number of amides is 2. The van der Waals surface area contributed by atoms with Crippen LogP contribution in [0.2, 0.25) is 0 Å². The van der Waals surface area contributed by atoms with Gasteiger partial charge in [-0.25, -0.2) is 4.79 Å². The number of unbranched alkanes of at least 4 members (excludes halogenated alkanes) is 1. The summed E-state index contributed by atoms with van der Waals surface area (Å²) in [5.41, 5.74) is 8.05. The van der Waals surface area contributed by atoms with Crippen LogP contribution in [0, 0.1) is 0 Å². The summed E-state index contributed by atoms with van der Waals surface area (Å²) in [6.07, 6.45) is 2.43. The van der Waals surface area contributed by atoms with Crippen LogP contribution >= 0.6 is 0 Å². The summed E-state index contributed by atoms with van der Waals surface area (Å²) in [6.45, 7) is 1.32. The molecule has 2 rings (SSSR count). The molecule has 28 heavy (non-hydrogen) atoms. The van der Waals surface area contributed by atoms with Gasteiger partial charge in [0.2, 0.25) is 5.91 Å². The van der Waals surface area contributed by atoms with Gasteiger partial charge >= 0.3 is 6.09 Å². The van der Waals surface area contributed by atoms with Gasteiger partial charge in [-0.2, -0.15) is 0 Å². The molecule has 0 radical (unpaired) electrons. The van der Waals surface area contributed by atoms with Crippen LogP contribution < -0.4 is 16.4 Å². The fourth-order valence-corrected chi connectivity index (χ4v) is 2.69. The monoisotopic (exact) mass is 383 g/mol. The molecule has 0 saturated carbocycles. The number of hydrogen-bond donors (Lipinski definition) is 3. The van der Waals surface area contributed by atoms with Gasteiger partial charge in [0.25, 0.3) is 0 Å². The first-order valence-corrected chi connectivity index (χ1v) is 9.67. The number of benzene rings is 2. The third-order valence-corrected chi connectivity index (χ3v) is 4.32. The van der Waals surface area contributed by atoms with Crippen LogP contribution in [0.1, 0.15) is 30.4 Å². The van der Waals surface area contributed by atoms with Crippen molar-refractivity contribution in [3.8, 4) is 0 Å². The quantitative estimate of drug-likeness (QED) is 0.520. The van der Waals surface area contributed by atoms with E-state index in [1.807, 2.05) is 60.7 Å². The standard InChI is InChI=1S/C22H29N3O3/c23-20(21(26)24-16-14-18-9-3-1-4-10-18)13-7-8-15-25-22(27)28-17-19-11-5-2-6-12-19/h1-6,9-12,20H,7-8,13-17,23H2,(H,24,26)(H,25,27)/t20-/m0/s1. The minimum atomic E-state index is -0.527. The summed E-state index contributed by atoms with van der Waals surface area (Å²) in [4.78, 5) is 23.6. The third-order valence-electron chi connectivity index (χ3n) is 4.32. The second kappa shape index (κ2) is 12.5. The molecule has 1 atom stereocenters. The van der Waals surface area contributed by atoms with Crippen LogP contribution in [-0.2, 0) is 22.6 Å². The summed E-state index contributed by atoms with van der Waals surface area (Å²) >= 11 is 0. The molecular weight excluding hydrogens is 354 g/mol. The highest BCUT2D eigenvalue weighted by Crippen LogP contribution is 2.02. The minimum absolute atomic E-state index is 0.133. The van der Waals surface area contributed by atoms with E-state index in [9.17, 15) is 9.59 Å². The second-order valence-corrected chi connectivity index (χ2v) is 6.62. The Labute approximate surface area is 166 Å². The average molecular weight is 383 g/mol. The van der Waals surface area contributed by atoms with E-state index in [2.05, 4.69) is 10.6 Å². The van der Waals surface area contributed by atoms with E-state index in [0.717, 1.165) is 24.8 Å². The average Bonchev–Trinajstić information content (AvgIpc) is 2.73. The van der Waals surface area contributed by atoms with Gasteiger partial charge in [-0.05, 0) is 36.8 Å². The van der Waals surface area contributed by atoms with Gasteiger partial charge in [0.05, 0.1) is 6.04 Å². The van der Waals surface area contributed by atoms with Crippen molar-refractivity contribution in [2.24, 2.45) is 5.73 Å². The molecule has 2 aromatic carbocycles. The number of alkyl carbamates (subject to hydrolysis) is 1. The molecule has 0 spiro atoms. The Balaban J connectivity index is 1.48. The molecule has 6 heteroatoms. The summed E-state index contributed by atoms with van der Waals surface area (Å²) in [6, 6.07) is 19.0. The van der Waals surface area contributed by atoms with E-state index in [1.54, 1.807) is 0 Å². The SMILES string of the molecule is N[C@@H](CCCCNC(=O)OCc1ccccc1)C(=O)NCCc1ccccc1. The zero-order chi connectivity index (χ0) is 20.0. The first-order chi connectivity index (χ1) is 13.6. The Morgan fingerprint density at radius 3 is 2.18 bits per heavy atom. The molecule has 2 amide bonds. The Kier molecular flexibility index (Phi) is 9.58. The highest BCUT2D eigenvalue weighted by atomic mass is 16.5. The maximum atomic E-state index is 12.0. The lowest BCUT2D eigenvalue weighted by Gasteiger charge is -2.12. The van der Waals surface area contributed by atoms with Crippen molar-refractivity contribution in [2.75, 3.05) is 13.1 Å². The summed E-state index contributed by atoms with van der Waals surface area (Å²) < 4.78 is 5.14. The van der Waals surface area contributed by atoms with E-state index in [0.29, 0.717) is 19.5 Å². The molecule has 2 aromatic rings. The lowest BCUT2D eigenvalue weighted by atomic mass is 10.1. The van der Waals surface area contributed by atoms with Gasteiger partial charge in [-0.3, -0.25) is 4.79 Å². The highest BCUT2D eigenvalue weighted by molar-refractivity contribution is 5.81. The lowest BCUT2D eigenvalue weighted by molar-refractivity contribution is -0.122. The van der Waals surface area contributed by atoms with Gasteiger partial charge in [0.1, 0.15) is 6.61 Å². The van der Waals surface area contributed by atoms with Crippen molar-refractivity contribution in [1.82, 2.24) is 10.6 Å². The van der Waals surface area contributed by atoms with Crippen LogP contribution in [0.5, 0.6) is 0 Å². The molecule has 0 aliphatic carbocycles. The zero-order valence-electron chi connectivity index (χ0n) is 16.1. The fourth-order valence-electron chi connectivity index (χ4n) is 2.69. The van der Waals surface area contributed by atoms with Crippen LogP contribution in [0.25, 0.3) is 0 Å². The summed E-state index contributed by atoms with van der Waals surface area (Å²) in [5, 5.41) is 5.57. The molecule has 0 bridgehead atoms. The van der Waals surface area contributed by atoms with Gasteiger partial charge < -0.3 is 21.1 Å². The molecule has 4 N–H and O–H groups in total. The van der Waals surface area contributed by atoms with Crippen LogP contribution in [0.3, 0.4) is 0 Å². The molecule has 0 saturated heterocycles. The molecule has 0 aliphatic heterocycles. The van der Waals surface area contributed by atoms with Crippen LogP contribution in [-0.4, -0.2) is 31.1 Å².